The van der Waals surface area contributed by atoms with Gasteiger partial charge < -0.3 is 0 Å². The monoisotopic (exact) mass is 302 g/mol. The second-order valence-electron chi connectivity index (χ2n) is 3.48. The van der Waals surface area contributed by atoms with Crippen LogP contribution in [0.1, 0.15) is 0 Å². The molecule has 0 saturated heterocycles. The van der Waals surface area contributed by atoms with Crippen LogP contribution in [0.5, 0.6) is 0 Å². The Morgan fingerprint density at radius 3 is 1.82 bits per heavy atom. The van der Waals surface area contributed by atoms with Gasteiger partial charge in [-0.25, -0.2) is 0 Å². The van der Waals surface area contributed by atoms with Crippen LogP contribution in [0.4, 0.5) is 0 Å². The lowest BCUT2D eigenvalue weighted by molar-refractivity contribution is 1.46. The molecule has 0 amide bonds. The van der Waals surface area contributed by atoms with Crippen molar-refractivity contribution in [1.29, 1.82) is 0 Å². The van der Waals surface area contributed by atoms with Gasteiger partial charge in [0.05, 0.1) is 15.1 Å². The molecule has 2 rings (SSSR count). The predicted molar refractivity (Wildman–Crippen MR) is 78.7 cm³/mol. The molecule has 0 bridgehead atoms. The number of benzene rings is 2. The fourth-order valence-electron chi connectivity index (χ4n) is 1.51. The number of thioether (sulfide) groups is 1. The summed E-state index contributed by atoms with van der Waals surface area (Å²) < 4.78 is 0. The maximum atomic E-state index is 6.01. The molecule has 0 aromatic heterocycles. The third-order valence-electron chi connectivity index (χ3n) is 2.41. The van der Waals surface area contributed by atoms with Crippen molar-refractivity contribution in [3.05, 3.63) is 51.5 Å². The van der Waals surface area contributed by atoms with E-state index in [1.807, 2.05) is 30.5 Å². The lowest BCUT2D eigenvalue weighted by Gasteiger charge is -2.06. The van der Waals surface area contributed by atoms with Gasteiger partial charge in [0.15, 0.2) is 0 Å². The summed E-state index contributed by atoms with van der Waals surface area (Å²) >= 11 is 19.6. The van der Waals surface area contributed by atoms with Crippen molar-refractivity contribution in [2.24, 2.45) is 0 Å². The minimum atomic E-state index is 0.401. The van der Waals surface area contributed by atoms with Crippen LogP contribution in [-0.2, 0) is 0 Å². The van der Waals surface area contributed by atoms with Crippen molar-refractivity contribution in [2.75, 3.05) is 6.26 Å². The van der Waals surface area contributed by atoms with Crippen LogP contribution in [-0.4, -0.2) is 6.26 Å². The highest BCUT2D eigenvalue weighted by Gasteiger charge is 2.07. The van der Waals surface area contributed by atoms with E-state index in [4.69, 9.17) is 34.8 Å². The third kappa shape index (κ3) is 2.92. The predicted octanol–water partition coefficient (Wildman–Crippen LogP) is 6.04. The van der Waals surface area contributed by atoms with E-state index in [0.29, 0.717) is 15.1 Å². The Morgan fingerprint density at radius 2 is 1.35 bits per heavy atom. The van der Waals surface area contributed by atoms with Crippen LogP contribution in [0, 0.1) is 0 Å². The molecule has 0 aliphatic carbocycles. The van der Waals surface area contributed by atoms with Crippen LogP contribution < -0.4 is 0 Å². The highest BCUT2D eigenvalue weighted by atomic mass is 35.5. The lowest BCUT2D eigenvalue weighted by Crippen LogP contribution is -1.80. The van der Waals surface area contributed by atoms with Gasteiger partial charge in [0, 0.05) is 4.90 Å². The zero-order valence-corrected chi connectivity index (χ0v) is 12.1. The normalized spacial score (nSPS) is 10.6. The molecule has 4 heteroatoms. The summed E-state index contributed by atoms with van der Waals surface area (Å²) in [7, 11) is 0. The first-order valence-corrected chi connectivity index (χ1v) is 7.26. The number of halogens is 3. The van der Waals surface area contributed by atoms with Gasteiger partial charge in [-0.05, 0) is 41.6 Å². The van der Waals surface area contributed by atoms with E-state index >= 15 is 0 Å². The fraction of sp³-hybridized carbons (Fsp3) is 0.0769. The molecule has 0 unspecified atom stereocenters. The molecule has 0 aliphatic rings. The molecular weight excluding hydrogens is 295 g/mol. The van der Waals surface area contributed by atoms with Crippen LogP contribution in [0.25, 0.3) is 11.1 Å². The van der Waals surface area contributed by atoms with E-state index in [2.05, 4.69) is 12.1 Å². The van der Waals surface area contributed by atoms with Crippen LogP contribution in [0.15, 0.2) is 41.3 Å². The molecule has 0 spiro atoms. The molecule has 0 nitrogen and oxygen atoms in total. The SMILES string of the molecule is CSc1ccc(-c2cc(Cl)c(Cl)c(Cl)c2)cc1. The van der Waals surface area contributed by atoms with Gasteiger partial charge in [-0.15, -0.1) is 11.8 Å². The van der Waals surface area contributed by atoms with Crippen LogP contribution >= 0.6 is 46.6 Å². The van der Waals surface area contributed by atoms with E-state index in [1.54, 1.807) is 11.8 Å². The largest absolute Gasteiger partial charge is 0.130 e. The van der Waals surface area contributed by atoms with Crippen molar-refractivity contribution in [3.8, 4) is 11.1 Å². The van der Waals surface area contributed by atoms with Crippen molar-refractivity contribution in [1.82, 2.24) is 0 Å². The highest BCUT2D eigenvalue weighted by molar-refractivity contribution is 7.98. The van der Waals surface area contributed by atoms with E-state index < -0.39 is 0 Å². The average Bonchev–Trinajstić information content (AvgIpc) is 2.35. The van der Waals surface area contributed by atoms with Gasteiger partial charge >= 0.3 is 0 Å². The van der Waals surface area contributed by atoms with Gasteiger partial charge in [-0.3, -0.25) is 0 Å². The first-order chi connectivity index (χ1) is 8.11. The highest BCUT2D eigenvalue weighted by Crippen LogP contribution is 2.35. The quantitative estimate of drug-likeness (QED) is 0.482. The molecule has 0 fully saturated rings. The maximum Gasteiger partial charge on any atom is 0.0778 e. The molecule has 2 aromatic carbocycles. The summed E-state index contributed by atoms with van der Waals surface area (Å²) in [5.41, 5.74) is 2.04. The fourth-order valence-corrected chi connectivity index (χ4v) is 2.51. The zero-order valence-electron chi connectivity index (χ0n) is 9.01. The first-order valence-electron chi connectivity index (χ1n) is 4.91. The van der Waals surface area contributed by atoms with Gasteiger partial charge in [0.25, 0.3) is 0 Å². The number of hydrogen-bond acceptors (Lipinski definition) is 1. The minimum Gasteiger partial charge on any atom is -0.130 e. The molecule has 0 radical (unpaired) electrons. The summed E-state index contributed by atoms with van der Waals surface area (Å²) in [6.45, 7) is 0. The van der Waals surface area contributed by atoms with Gasteiger partial charge in [-0.2, -0.15) is 0 Å². The van der Waals surface area contributed by atoms with Gasteiger partial charge in [-0.1, -0.05) is 46.9 Å². The van der Waals surface area contributed by atoms with Gasteiger partial charge in [0.1, 0.15) is 0 Å². The molecule has 88 valence electrons. The van der Waals surface area contributed by atoms with Crippen molar-refractivity contribution in [2.45, 2.75) is 4.90 Å². The Labute approximate surface area is 120 Å². The Bertz CT molecular complexity index is 512. The topological polar surface area (TPSA) is 0 Å². The summed E-state index contributed by atoms with van der Waals surface area (Å²) in [6, 6.07) is 11.9. The molecule has 0 atom stereocenters. The molecule has 0 aliphatic heterocycles. The summed E-state index contributed by atoms with van der Waals surface area (Å²) in [6.07, 6.45) is 2.05. The summed E-state index contributed by atoms with van der Waals surface area (Å²) in [4.78, 5) is 1.22. The van der Waals surface area contributed by atoms with Crippen molar-refractivity contribution >= 4 is 46.6 Å². The lowest BCUT2D eigenvalue weighted by atomic mass is 10.1. The van der Waals surface area contributed by atoms with Crippen LogP contribution in [0.2, 0.25) is 15.1 Å². The Kier molecular flexibility index (Phi) is 4.26. The first kappa shape index (κ1) is 13.1. The van der Waals surface area contributed by atoms with Crippen LogP contribution in [0.3, 0.4) is 0 Å². The van der Waals surface area contributed by atoms with Crippen molar-refractivity contribution in [3.63, 3.8) is 0 Å². The Morgan fingerprint density at radius 1 is 0.824 bits per heavy atom. The second-order valence-corrected chi connectivity index (χ2v) is 5.55. The van der Waals surface area contributed by atoms with E-state index in [0.717, 1.165) is 11.1 Å². The third-order valence-corrected chi connectivity index (χ3v) is 4.35. The number of hydrogen-bond donors (Lipinski definition) is 0. The number of rotatable bonds is 2. The molecule has 2 aromatic rings. The maximum absolute atomic E-state index is 6.01. The zero-order chi connectivity index (χ0) is 12.4. The summed E-state index contributed by atoms with van der Waals surface area (Å²) in [5.74, 6) is 0. The standard InChI is InChI=1S/C13H9Cl3S/c1-17-10-4-2-8(3-5-10)9-6-11(14)13(16)12(15)7-9/h2-7H,1H3. The molecule has 0 N–H and O–H groups in total. The molecule has 0 saturated carbocycles. The minimum absolute atomic E-state index is 0.401. The van der Waals surface area contributed by atoms with E-state index in [9.17, 15) is 0 Å². The second kappa shape index (κ2) is 5.53. The smallest absolute Gasteiger partial charge is 0.0778 e. The summed E-state index contributed by atoms with van der Waals surface area (Å²) in [5, 5.41) is 1.35. The van der Waals surface area contributed by atoms with E-state index in [1.165, 1.54) is 4.90 Å². The van der Waals surface area contributed by atoms with Gasteiger partial charge in [0.2, 0.25) is 0 Å². The van der Waals surface area contributed by atoms with Crippen molar-refractivity contribution < 1.29 is 0 Å². The molecule has 0 heterocycles. The van der Waals surface area contributed by atoms with E-state index in [-0.39, 0.29) is 0 Å². The molecular formula is C13H9Cl3S. The Balaban J connectivity index is 2.45. The molecule has 17 heavy (non-hydrogen) atoms. The average molecular weight is 304 g/mol. The Hall–Kier alpha value is -0.340.